The van der Waals surface area contributed by atoms with E-state index < -0.39 is 0 Å². The van der Waals surface area contributed by atoms with Crippen molar-refractivity contribution in [3.05, 3.63) is 24.3 Å². The zero-order valence-corrected chi connectivity index (χ0v) is 16.4. The summed E-state index contributed by atoms with van der Waals surface area (Å²) in [6.45, 7) is 0. The normalized spacial score (nSPS) is 15.7. The number of urea groups is 1. The van der Waals surface area contributed by atoms with Crippen molar-refractivity contribution in [1.82, 2.24) is 15.1 Å². The third-order valence-electron chi connectivity index (χ3n) is 5.12. The van der Waals surface area contributed by atoms with Gasteiger partial charge in [-0.05, 0) is 37.1 Å². The lowest BCUT2D eigenvalue weighted by Gasteiger charge is -2.29. The molecule has 146 valence electrons. The summed E-state index contributed by atoms with van der Waals surface area (Å²) in [5, 5.41) is 11.0. The van der Waals surface area contributed by atoms with Gasteiger partial charge in [0.2, 0.25) is 5.89 Å². The number of carbonyl (C=O) groups is 1. The van der Waals surface area contributed by atoms with Gasteiger partial charge in [-0.15, -0.1) is 5.10 Å². The number of nitrogens with zero attached hydrogens (tertiary/aromatic N) is 4. The molecule has 1 heterocycles. The summed E-state index contributed by atoms with van der Waals surface area (Å²) in [6, 6.07) is 8.20. The van der Waals surface area contributed by atoms with Gasteiger partial charge in [-0.2, -0.15) is 0 Å². The Morgan fingerprint density at radius 1 is 1.00 bits per heavy atom. The Labute approximate surface area is 160 Å². The van der Waals surface area contributed by atoms with E-state index in [1.54, 1.807) is 4.90 Å². The summed E-state index contributed by atoms with van der Waals surface area (Å²) >= 11 is 0. The molecule has 0 radical (unpaired) electrons. The summed E-state index contributed by atoms with van der Waals surface area (Å²) in [5.41, 5.74) is 1.58. The monoisotopic (exact) mass is 371 g/mol. The van der Waals surface area contributed by atoms with Crippen molar-refractivity contribution >= 4 is 17.7 Å². The number of benzene rings is 1. The molecule has 7 heteroatoms. The SMILES string of the molecule is CN(C)c1nnc(-c2ccc(NC(=O)N(C)C3CCCCCCC3)cc2)o1. The lowest BCUT2D eigenvalue weighted by atomic mass is 9.96. The molecule has 1 aliphatic rings. The van der Waals surface area contributed by atoms with Crippen LogP contribution in [0.4, 0.5) is 16.5 Å². The fourth-order valence-corrected chi connectivity index (χ4v) is 3.41. The fraction of sp³-hybridized carbons (Fsp3) is 0.550. The topological polar surface area (TPSA) is 74.5 Å². The van der Waals surface area contributed by atoms with Crippen LogP contribution in [0.2, 0.25) is 0 Å². The molecule has 1 saturated carbocycles. The number of carbonyl (C=O) groups excluding carboxylic acids is 1. The Morgan fingerprint density at radius 2 is 1.63 bits per heavy atom. The Bertz CT molecular complexity index is 733. The molecule has 3 rings (SSSR count). The number of hydrogen-bond donors (Lipinski definition) is 1. The second-order valence-corrected chi connectivity index (χ2v) is 7.40. The molecule has 1 aromatic heterocycles. The Kier molecular flexibility index (Phi) is 6.32. The second-order valence-electron chi connectivity index (χ2n) is 7.40. The van der Waals surface area contributed by atoms with Gasteiger partial charge in [0.05, 0.1) is 0 Å². The number of anilines is 2. The van der Waals surface area contributed by atoms with Crippen LogP contribution in [0, 0.1) is 0 Å². The summed E-state index contributed by atoms with van der Waals surface area (Å²) in [4.78, 5) is 16.2. The highest BCUT2D eigenvalue weighted by Gasteiger charge is 2.20. The lowest BCUT2D eigenvalue weighted by molar-refractivity contribution is 0.191. The molecule has 0 unspecified atom stereocenters. The third kappa shape index (κ3) is 4.99. The smallest absolute Gasteiger partial charge is 0.321 e. The predicted molar refractivity (Wildman–Crippen MR) is 107 cm³/mol. The summed E-state index contributed by atoms with van der Waals surface area (Å²) in [7, 11) is 5.60. The predicted octanol–water partition coefficient (Wildman–Crippen LogP) is 4.38. The van der Waals surface area contributed by atoms with Crippen molar-refractivity contribution in [3.63, 3.8) is 0 Å². The maximum Gasteiger partial charge on any atom is 0.321 e. The van der Waals surface area contributed by atoms with Gasteiger partial charge < -0.3 is 19.5 Å². The van der Waals surface area contributed by atoms with E-state index in [1.165, 1.54) is 32.1 Å². The van der Waals surface area contributed by atoms with Crippen LogP contribution in [0.5, 0.6) is 0 Å². The molecule has 1 aromatic carbocycles. The molecule has 1 aliphatic carbocycles. The molecule has 0 spiro atoms. The summed E-state index contributed by atoms with van der Waals surface area (Å²) in [6.07, 6.45) is 8.47. The van der Waals surface area contributed by atoms with Crippen LogP contribution in [0.25, 0.3) is 11.5 Å². The highest BCUT2D eigenvalue weighted by Crippen LogP contribution is 2.24. The van der Waals surface area contributed by atoms with Crippen molar-refractivity contribution in [2.75, 3.05) is 31.4 Å². The van der Waals surface area contributed by atoms with E-state index in [0.717, 1.165) is 24.1 Å². The highest BCUT2D eigenvalue weighted by molar-refractivity contribution is 5.89. The Balaban J connectivity index is 1.60. The highest BCUT2D eigenvalue weighted by atomic mass is 16.4. The molecule has 0 atom stereocenters. The minimum Gasteiger partial charge on any atom is -0.403 e. The van der Waals surface area contributed by atoms with Crippen molar-refractivity contribution < 1.29 is 9.21 Å². The van der Waals surface area contributed by atoms with Crippen LogP contribution < -0.4 is 10.2 Å². The van der Waals surface area contributed by atoms with E-state index in [1.807, 2.05) is 50.3 Å². The summed E-state index contributed by atoms with van der Waals surface area (Å²) in [5.74, 6) is 0.461. The molecule has 0 saturated heterocycles. The van der Waals surface area contributed by atoms with Crippen LogP contribution >= 0.6 is 0 Å². The third-order valence-corrected chi connectivity index (χ3v) is 5.12. The fourth-order valence-electron chi connectivity index (χ4n) is 3.41. The van der Waals surface area contributed by atoms with Gasteiger partial charge in [-0.25, -0.2) is 4.79 Å². The van der Waals surface area contributed by atoms with Crippen LogP contribution in [-0.4, -0.2) is 48.3 Å². The van der Waals surface area contributed by atoms with Crippen LogP contribution in [0.3, 0.4) is 0 Å². The number of aromatic nitrogens is 2. The largest absolute Gasteiger partial charge is 0.403 e. The molecule has 1 fully saturated rings. The average Bonchev–Trinajstić information content (AvgIpc) is 3.12. The maximum absolute atomic E-state index is 12.6. The Hall–Kier alpha value is -2.57. The van der Waals surface area contributed by atoms with Gasteiger partial charge in [0.1, 0.15) is 0 Å². The van der Waals surface area contributed by atoms with E-state index >= 15 is 0 Å². The van der Waals surface area contributed by atoms with E-state index in [9.17, 15) is 4.79 Å². The van der Waals surface area contributed by atoms with Crippen molar-refractivity contribution in [1.29, 1.82) is 0 Å². The Morgan fingerprint density at radius 3 is 2.22 bits per heavy atom. The van der Waals surface area contributed by atoms with Gasteiger partial charge in [-0.1, -0.05) is 37.2 Å². The number of amides is 2. The van der Waals surface area contributed by atoms with Gasteiger partial charge in [0.25, 0.3) is 0 Å². The zero-order chi connectivity index (χ0) is 19.2. The van der Waals surface area contributed by atoms with Crippen LogP contribution in [0.15, 0.2) is 28.7 Å². The van der Waals surface area contributed by atoms with Crippen molar-refractivity contribution in [2.24, 2.45) is 0 Å². The van der Waals surface area contributed by atoms with Gasteiger partial charge in [0, 0.05) is 38.4 Å². The van der Waals surface area contributed by atoms with E-state index in [-0.39, 0.29) is 6.03 Å². The molecule has 2 aromatic rings. The van der Waals surface area contributed by atoms with Gasteiger partial charge in [0.15, 0.2) is 0 Å². The first-order valence-corrected chi connectivity index (χ1v) is 9.69. The second kappa shape index (κ2) is 8.88. The van der Waals surface area contributed by atoms with Crippen molar-refractivity contribution in [3.8, 4) is 11.5 Å². The standard InChI is InChI=1S/C20H29N5O2/c1-24(2)20-23-22-18(27-20)15-11-13-16(14-12-15)21-19(26)25(3)17-9-7-5-4-6-8-10-17/h11-14,17H,4-10H2,1-3H3,(H,21,26). The zero-order valence-electron chi connectivity index (χ0n) is 16.4. The molecule has 1 N–H and O–H groups in total. The van der Waals surface area contributed by atoms with Gasteiger partial charge in [-0.3, -0.25) is 0 Å². The molecular weight excluding hydrogens is 342 g/mol. The number of hydrogen-bond acceptors (Lipinski definition) is 5. The van der Waals surface area contributed by atoms with Crippen LogP contribution in [-0.2, 0) is 0 Å². The van der Waals surface area contributed by atoms with E-state index in [4.69, 9.17) is 4.42 Å². The quantitative estimate of drug-likeness (QED) is 0.863. The molecule has 27 heavy (non-hydrogen) atoms. The molecule has 0 bridgehead atoms. The first kappa shape index (κ1) is 19.2. The van der Waals surface area contributed by atoms with E-state index in [0.29, 0.717) is 17.9 Å². The molecular formula is C20H29N5O2. The number of rotatable bonds is 4. The summed E-state index contributed by atoms with van der Waals surface area (Å²) < 4.78 is 5.60. The first-order valence-electron chi connectivity index (χ1n) is 9.69. The minimum atomic E-state index is -0.0546. The molecule has 0 aliphatic heterocycles. The van der Waals surface area contributed by atoms with Gasteiger partial charge >= 0.3 is 12.0 Å². The average molecular weight is 371 g/mol. The van der Waals surface area contributed by atoms with Crippen LogP contribution in [0.1, 0.15) is 44.9 Å². The minimum absolute atomic E-state index is 0.0546. The number of nitrogens with one attached hydrogen (secondary N) is 1. The molecule has 2 amide bonds. The van der Waals surface area contributed by atoms with E-state index in [2.05, 4.69) is 15.5 Å². The molecule has 7 nitrogen and oxygen atoms in total. The lowest BCUT2D eigenvalue weighted by Crippen LogP contribution is -2.40. The maximum atomic E-state index is 12.6. The first-order chi connectivity index (χ1) is 13.0. The van der Waals surface area contributed by atoms with Crippen molar-refractivity contribution in [2.45, 2.75) is 51.0 Å².